The molecule has 0 saturated carbocycles. The lowest BCUT2D eigenvalue weighted by Crippen LogP contribution is -2.21. The van der Waals surface area contributed by atoms with Crippen LogP contribution >= 0.6 is 0 Å². The summed E-state index contributed by atoms with van der Waals surface area (Å²) in [4.78, 5) is 12.7. The molecule has 0 saturated heterocycles. The van der Waals surface area contributed by atoms with Crippen LogP contribution in [0.3, 0.4) is 0 Å². The molecule has 0 aromatic heterocycles. The monoisotopic (exact) mass is 402 g/mol. The molecule has 0 aliphatic rings. The molecular weight excluding hydrogens is 382 g/mol. The molecule has 1 atom stereocenters. The zero-order chi connectivity index (χ0) is 21.3. The predicted octanol–water partition coefficient (Wildman–Crippen LogP) is 6.92. The lowest BCUT2D eigenvalue weighted by molar-refractivity contribution is -0.138. The van der Waals surface area contributed by atoms with Crippen LogP contribution in [0.2, 0.25) is 0 Å². The fraction of sp³-hybridized carbons (Fsp3) is 0.381. The van der Waals surface area contributed by atoms with Crippen molar-refractivity contribution < 1.29 is 31.1 Å². The number of carbonyl (C=O) groups excluding carboxylic acids is 1. The second kappa shape index (κ2) is 7.60. The maximum Gasteiger partial charge on any atom is 0.416 e. The van der Waals surface area contributed by atoms with E-state index in [1.807, 2.05) is 20.8 Å². The Morgan fingerprint density at radius 2 is 1.25 bits per heavy atom. The van der Waals surface area contributed by atoms with Crippen molar-refractivity contribution in [2.24, 2.45) is 0 Å². The fourth-order valence-electron chi connectivity index (χ4n) is 2.83. The van der Waals surface area contributed by atoms with Crippen molar-refractivity contribution in [3.8, 4) is 0 Å². The van der Waals surface area contributed by atoms with Crippen molar-refractivity contribution in [2.45, 2.75) is 50.9 Å². The number of hydrogen-bond donors (Lipinski definition) is 0. The van der Waals surface area contributed by atoms with Crippen molar-refractivity contribution in [3.63, 3.8) is 0 Å². The van der Waals surface area contributed by atoms with Crippen molar-refractivity contribution in [3.05, 3.63) is 70.8 Å². The molecule has 2 aromatic carbocycles. The van der Waals surface area contributed by atoms with E-state index in [1.165, 1.54) is 12.1 Å². The molecule has 0 bridgehead atoms. The first-order valence-corrected chi connectivity index (χ1v) is 8.57. The number of rotatable bonds is 4. The van der Waals surface area contributed by atoms with E-state index in [4.69, 9.17) is 0 Å². The van der Waals surface area contributed by atoms with Crippen LogP contribution < -0.4 is 0 Å². The van der Waals surface area contributed by atoms with Crippen LogP contribution in [0.4, 0.5) is 26.3 Å². The highest BCUT2D eigenvalue weighted by atomic mass is 19.4. The lowest BCUT2D eigenvalue weighted by Gasteiger charge is -2.21. The van der Waals surface area contributed by atoms with E-state index in [-0.39, 0.29) is 16.5 Å². The van der Waals surface area contributed by atoms with E-state index in [9.17, 15) is 31.1 Å². The highest BCUT2D eigenvalue weighted by Crippen LogP contribution is 2.36. The molecule has 1 nitrogen and oxygen atoms in total. The SMILES string of the molecule is CC(C)(C)c1ccc(C(=O)[C@H](CC(F)(F)F)c2ccc(C(F)(F)F)cc2)cc1. The van der Waals surface area contributed by atoms with Gasteiger partial charge in [-0.3, -0.25) is 4.79 Å². The van der Waals surface area contributed by atoms with Gasteiger partial charge >= 0.3 is 12.4 Å². The Hall–Kier alpha value is -2.31. The Morgan fingerprint density at radius 3 is 1.64 bits per heavy atom. The van der Waals surface area contributed by atoms with Gasteiger partial charge in [0, 0.05) is 5.56 Å². The highest BCUT2D eigenvalue weighted by molar-refractivity contribution is 6.01. The molecule has 0 fully saturated rings. The van der Waals surface area contributed by atoms with Crippen LogP contribution in [-0.2, 0) is 11.6 Å². The minimum Gasteiger partial charge on any atom is -0.293 e. The van der Waals surface area contributed by atoms with E-state index < -0.39 is 36.0 Å². The van der Waals surface area contributed by atoms with E-state index in [2.05, 4.69) is 0 Å². The number of hydrogen-bond acceptors (Lipinski definition) is 1. The molecule has 28 heavy (non-hydrogen) atoms. The second-order valence-corrected chi connectivity index (χ2v) is 7.68. The molecule has 7 heteroatoms. The maximum atomic E-state index is 13.0. The van der Waals surface area contributed by atoms with E-state index >= 15 is 0 Å². The molecular formula is C21H20F6O. The van der Waals surface area contributed by atoms with Crippen molar-refractivity contribution in [1.29, 1.82) is 0 Å². The summed E-state index contributed by atoms with van der Waals surface area (Å²) in [5.41, 5.74) is -0.285. The Kier molecular flexibility index (Phi) is 5.97. The molecule has 0 unspecified atom stereocenters. The first-order valence-electron chi connectivity index (χ1n) is 8.57. The van der Waals surface area contributed by atoms with Crippen LogP contribution in [0.5, 0.6) is 0 Å². The Labute approximate surface area is 159 Å². The summed E-state index contributed by atoms with van der Waals surface area (Å²) >= 11 is 0. The van der Waals surface area contributed by atoms with Gasteiger partial charge in [0.15, 0.2) is 5.78 Å². The normalized spacial score (nSPS) is 14.0. The van der Waals surface area contributed by atoms with Crippen molar-refractivity contribution in [2.75, 3.05) is 0 Å². The van der Waals surface area contributed by atoms with E-state index in [0.29, 0.717) is 12.1 Å². The highest BCUT2D eigenvalue weighted by Gasteiger charge is 2.37. The second-order valence-electron chi connectivity index (χ2n) is 7.68. The molecule has 0 radical (unpaired) electrons. The number of alkyl halides is 6. The number of benzene rings is 2. The summed E-state index contributed by atoms with van der Waals surface area (Å²) in [5, 5.41) is 0. The average Bonchev–Trinajstić information content (AvgIpc) is 2.57. The molecule has 152 valence electrons. The van der Waals surface area contributed by atoms with Gasteiger partial charge in [0.2, 0.25) is 0 Å². The number of Topliss-reactive ketones (excluding diaryl/α,β-unsaturated/α-hetero) is 1. The molecule has 2 rings (SSSR count). The predicted molar refractivity (Wildman–Crippen MR) is 94.3 cm³/mol. The summed E-state index contributed by atoms with van der Waals surface area (Å²) in [7, 11) is 0. The number of halogens is 6. The van der Waals surface area contributed by atoms with Crippen molar-refractivity contribution in [1.82, 2.24) is 0 Å². The van der Waals surface area contributed by atoms with Gasteiger partial charge in [-0.05, 0) is 28.7 Å². The van der Waals surface area contributed by atoms with Gasteiger partial charge in [0.05, 0.1) is 17.9 Å². The van der Waals surface area contributed by atoms with E-state index in [1.54, 1.807) is 12.1 Å². The summed E-state index contributed by atoms with van der Waals surface area (Å²) in [6, 6.07) is 9.49. The standard InChI is InChI=1S/C21H20F6O/c1-19(2,3)15-8-6-14(7-9-15)18(28)17(12-20(22,23)24)13-4-10-16(11-5-13)21(25,26)27/h4-11,17H,12H2,1-3H3/t17-/m1/s1. The number of ketones is 1. The molecule has 0 spiro atoms. The minimum atomic E-state index is -4.64. The quantitative estimate of drug-likeness (QED) is 0.401. The maximum absolute atomic E-state index is 13.0. The van der Waals surface area contributed by atoms with Gasteiger partial charge in [0.1, 0.15) is 0 Å². The van der Waals surface area contributed by atoms with Gasteiger partial charge in [-0.25, -0.2) is 0 Å². The third kappa shape index (κ3) is 5.59. The van der Waals surface area contributed by atoms with Gasteiger partial charge in [0.25, 0.3) is 0 Å². The topological polar surface area (TPSA) is 17.1 Å². The van der Waals surface area contributed by atoms with Crippen LogP contribution in [0.1, 0.15) is 60.2 Å². The largest absolute Gasteiger partial charge is 0.416 e. The van der Waals surface area contributed by atoms with Gasteiger partial charge < -0.3 is 0 Å². The lowest BCUT2D eigenvalue weighted by atomic mass is 9.84. The van der Waals surface area contributed by atoms with Crippen LogP contribution in [0.25, 0.3) is 0 Å². The average molecular weight is 402 g/mol. The molecule has 0 aliphatic carbocycles. The molecule has 0 N–H and O–H groups in total. The third-order valence-corrected chi connectivity index (χ3v) is 4.43. The van der Waals surface area contributed by atoms with Gasteiger partial charge in [-0.15, -0.1) is 0 Å². The van der Waals surface area contributed by atoms with Crippen LogP contribution in [-0.4, -0.2) is 12.0 Å². The van der Waals surface area contributed by atoms with Crippen LogP contribution in [0.15, 0.2) is 48.5 Å². The summed E-state index contributed by atoms with van der Waals surface area (Å²) in [6.07, 6.45) is -10.7. The smallest absolute Gasteiger partial charge is 0.293 e. The Balaban J connectivity index is 2.39. The summed E-state index contributed by atoms with van der Waals surface area (Å²) < 4.78 is 77.2. The van der Waals surface area contributed by atoms with E-state index in [0.717, 1.165) is 17.7 Å². The Morgan fingerprint density at radius 1 is 0.786 bits per heavy atom. The molecule has 0 heterocycles. The zero-order valence-electron chi connectivity index (χ0n) is 15.6. The first-order chi connectivity index (χ1) is 12.7. The zero-order valence-corrected chi connectivity index (χ0v) is 15.6. The van der Waals surface area contributed by atoms with Crippen LogP contribution in [0, 0.1) is 0 Å². The van der Waals surface area contributed by atoms with Gasteiger partial charge in [-0.2, -0.15) is 26.3 Å². The fourth-order valence-corrected chi connectivity index (χ4v) is 2.83. The summed E-state index contributed by atoms with van der Waals surface area (Å²) in [6.45, 7) is 5.87. The molecule has 0 amide bonds. The minimum absolute atomic E-state index is 0.0853. The van der Waals surface area contributed by atoms with Gasteiger partial charge in [-0.1, -0.05) is 57.2 Å². The molecule has 0 aliphatic heterocycles. The Bertz CT molecular complexity index is 808. The summed E-state index contributed by atoms with van der Waals surface area (Å²) in [5.74, 6) is -2.39. The molecule has 2 aromatic rings. The first kappa shape index (κ1) is 22.0. The number of carbonyl (C=O) groups is 1. The van der Waals surface area contributed by atoms with Crippen molar-refractivity contribution >= 4 is 5.78 Å². The third-order valence-electron chi connectivity index (χ3n) is 4.43.